The second kappa shape index (κ2) is 7.68. The molecule has 0 radical (unpaired) electrons. The highest BCUT2D eigenvalue weighted by Gasteiger charge is 2.08. The molecule has 0 aliphatic heterocycles. The molecule has 0 saturated heterocycles. The lowest BCUT2D eigenvalue weighted by Crippen LogP contribution is -2.07. The molecule has 0 amide bonds. The van der Waals surface area contributed by atoms with Gasteiger partial charge < -0.3 is 15.0 Å². The van der Waals surface area contributed by atoms with Crippen molar-refractivity contribution in [2.45, 2.75) is 25.7 Å². The fourth-order valence-electron chi connectivity index (χ4n) is 1.76. The highest BCUT2D eigenvalue weighted by molar-refractivity contribution is 5.39. The minimum Gasteiger partial charge on any atom is -0.399 e. The number of nitrogens with two attached hydrogens (primary N) is 1. The second-order valence-electron chi connectivity index (χ2n) is 4.56. The van der Waals surface area contributed by atoms with Gasteiger partial charge in [-0.2, -0.15) is 4.98 Å². The first kappa shape index (κ1) is 15.4. The van der Waals surface area contributed by atoms with Crippen molar-refractivity contribution in [3.05, 3.63) is 41.5 Å². The molecule has 0 spiro atoms. The third-order valence-corrected chi connectivity index (χ3v) is 2.83. The number of anilines is 1. The van der Waals surface area contributed by atoms with Crippen molar-refractivity contribution in [1.29, 1.82) is 0 Å². The van der Waals surface area contributed by atoms with E-state index in [2.05, 4.69) is 10.1 Å². The monoisotopic (exact) mass is 297 g/mol. The quantitative estimate of drug-likeness (QED) is 0.597. The molecule has 2 rings (SSSR count). The molecule has 0 atom stereocenters. The highest BCUT2D eigenvalue weighted by Crippen LogP contribution is 2.09. The second-order valence-corrected chi connectivity index (χ2v) is 4.56. The van der Waals surface area contributed by atoms with Crippen LogP contribution in [0.2, 0.25) is 0 Å². The Bertz CT molecular complexity index is 543. The number of hydrogen-bond donors (Lipinski definition) is 1. The van der Waals surface area contributed by atoms with Crippen LogP contribution in [-0.2, 0) is 24.0 Å². The number of rotatable bonds is 8. The maximum absolute atomic E-state index is 11.9. The summed E-state index contributed by atoms with van der Waals surface area (Å²) in [5, 5.41) is 3.79. The summed E-state index contributed by atoms with van der Waals surface area (Å²) in [5.41, 5.74) is 7.47. The molecule has 2 aromatic rings. The summed E-state index contributed by atoms with van der Waals surface area (Å²) in [4.78, 5) is 4.19. The predicted octanol–water partition coefficient (Wildman–Crippen LogP) is 2.26. The number of nitrogens with zero attached hydrogens (tertiary/aromatic N) is 2. The van der Waals surface area contributed by atoms with E-state index in [1.807, 2.05) is 24.3 Å². The zero-order chi connectivity index (χ0) is 15.1. The molecule has 0 aliphatic carbocycles. The van der Waals surface area contributed by atoms with Gasteiger partial charge >= 0.3 is 0 Å². The van der Waals surface area contributed by atoms with Gasteiger partial charge in [0.05, 0.1) is 6.61 Å². The zero-order valence-electron chi connectivity index (χ0n) is 11.5. The van der Waals surface area contributed by atoms with Crippen LogP contribution < -0.4 is 5.73 Å². The Kier molecular flexibility index (Phi) is 5.62. The summed E-state index contributed by atoms with van der Waals surface area (Å²) in [7, 11) is 0. The first-order valence-corrected chi connectivity index (χ1v) is 6.65. The standard InChI is InChI=1S/C14H17F2N3O2/c15-12(16)9-20-8-7-13-18-14(21-19-13)6-3-10-1-4-11(17)5-2-10/h1-2,4-5,12H,3,6-9,17H2. The van der Waals surface area contributed by atoms with Crippen LogP contribution in [0.15, 0.2) is 28.8 Å². The molecule has 114 valence electrons. The SMILES string of the molecule is Nc1ccc(CCc2nc(CCOCC(F)F)no2)cc1. The Morgan fingerprint density at radius 3 is 2.62 bits per heavy atom. The molecule has 1 heterocycles. The molecular formula is C14H17F2N3O2. The number of halogens is 2. The molecular weight excluding hydrogens is 280 g/mol. The Labute approximate surface area is 121 Å². The van der Waals surface area contributed by atoms with Crippen LogP contribution in [0.1, 0.15) is 17.3 Å². The first-order chi connectivity index (χ1) is 10.1. The lowest BCUT2D eigenvalue weighted by molar-refractivity contribution is 0.0182. The fraction of sp³-hybridized carbons (Fsp3) is 0.429. The third kappa shape index (κ3) is 5.47. The lowest BCUT2D eigenvalue weighted by Gasteiger charge is -2.00. The Balaban J connectivity index is 1.73. The highest BCUT2D eigenvalue weighted by atomic mass is 19.3. The van der Waals surface area contributed by atoms with Crippen molar-refractivity contribution in [3.8, 4) is 0 Å². The number of hydrogen-bond acceptors (Lipinski definition) is 5. The van der Waals surface area contributed by atoms with Gasteiger partial charge in [-0.05, 0) is 24.1 Å². The van der Waals surface area contributed by atoms with Gasteiger partial charge in [-0.15, -0.1) is 0 Å². The molecule has 0 aliphatic rings. The van der Waals surface area contributed by atoms with Crippen molar-refractivity contribution >= 4 is 5.69 Å². The van der Waals surface area contributed by atoms with E-state index in [1.54, 1.807) is 0 Å². The fourth-order valence-corrected chi connectivity index (χ4v) is 1.76. The molecule has 1 aromatic carbocycles. The van der Waals surface area contributed by atoms with E-state index in [9.17, 15) is 8.78 Å². The molecule has 0 bridgehead atoms. The van der Waals surface area contributed by atoms with Crippen LogP contribution in [0.25, 0.3) is 0 Å². The van der Waals surface area contributed by atoms with Crippen LogP contribution in [0.3, 0.4) is 0 Å². The average Bonchev–Trinajstić information content (AvgIpc) is 2.91. The number of aromatic nitrogens is 2. The first-order valence-electron chi connectivity index (χ1n) is 6.65. The van der Waals surface area contributed by atoms with Crippen molar-refractivity contribution in [2.75, 3.05) is 18.9 Å². The lowest BCUT2D eigenvalue weighted by atomic mass is 10.1. The van der Waals surface area contributed by atoms with Crippen molar-refractivity contribution < 1.29 is 18.0 Å². The van der Waals surface area contributed by atoms with Crippen molar-refractivity contribution in [2.24, 2.45) is 0 Å². The Hall–Kier alpha value is -2.02. The number of benzene rings is 1. The molecule has 5 nitrogen and oxygen atoms in total. The van der Waals surface area contributed by atoms with E-state index in [0.29, 0.717) is 24.6 Å². The van der Waals surface area contributed by atoms with Crippen LogP contribution in [0.4, 0.5) is 14.5 Å². The molecule has 21 heavy (non-hydrogen) atoms. The van der Waals surface area contributed by atoms with E-state index < -0.39 is 13.0 Å². The normalized spacial score (nSPS) is 11.2. The number of alkyl halides is 2. The third-order valence-electron chi connectivity index (χ3n) is 2.83. The van der Waals surface area contributed by atoms with E-state index in [0.717, 1.165) is 17.7 Å². The molecule has 1 aromatic heterocycles. The topological polar surface area (TPSA) is 74.2 Å². The smallest absolute Gasteiger partial charge is 0.261 e. The summed E-state index contributed by atoms with van der Waals surface area (Å²) in [6.45, 7) is -0.414. The van der Waals surface area contributed by atoms with E-state index >= 15 is 0 Å². The number of aryl methyl sites for hydroxylation is 2. The molecule has 2 N–H and O–H groups in total. The Morgan fingerprint density at radius 2 is 1.90 bits per heavy atom. The molecule has 0 fully saturated rings. The maximum Gasteiger partial charge on any atom is 0.261 e. The largest absolute Gasteiger partial charge is 0.399 e. The van der Waals surface area contributed by atoms with Crippen molar-refractivity contribution in [3.63, 3.8) is 0 Å². The van der Waals surface area contributed by atoms with Crippen molar-refractivity contribution in [1.82, 2.24) is 10.1 Å². The van der Waals surface area contributed by atoms with E-state index in [4.69, 9.17) is 15.0 Å². The predicted molar refractivity (Wildman–Crippen MR) is 73.1 cm³/mol. The van der Waals surface area contributed by atoms with Crippen LogP contribution in [0, 0.1) is 0 Å². The maximum atomic E-state index is 11.9. The van der Waals surface area contributed by atoms with Crippen LogP contribution in [0.5, 0.6) is 0 Å². The van der Waals surface area contributed by atoms with Gasteiger partial charge in [0.2, 0.25) is 5.89 Å². The Morgan fingerprint density at radius 1 is 1.14 bits per heavy atom. The van der Waals surface area contributed by atoms with Gasteiger partial charge in [-0.3, -0.25) is 0 Å². The molecule has 0 unspecified atom stereocenters. The number of nitrogen functional groups attached to an aromatic ring is 1. The summed E-state index contributed by atoms with van der Waals surface area (Å²) in [5.74, 6) is 0.993. The minimum absolute atomic E-state index is 0.154. The van der Waals surface area contributed by atoms with Gasteiger partial charge in [-0.1, -0.05) is 17.3 Å². The van der Waals surface area contributed by atoms with Gasteiger partial charge in [0.1, 0.15) is 6.61 Å². The summed E-state index contributed by atoms with van der Waals surface area (Å²) in [6.07, 6.45) is -0.706. The van der Waals surface area contributed by atoms with E-state index in [-0.39, 0.29) is 6.61 Å². The summed E-state index contributed by atoms with van der Waals surface area (Å²) < 4.78 is 33.6. The van der Waals surface area contributed by atoms with E-state index in [1.165, 1.54) is 0 Å². The van der Waals surface area contributed by atoms with Gasteiger partial charge in [-0.25, -0.2) is 8.78 Å². The zero-order valence-corrected chi connectivity index (χ0v) is 11.5. The summed E-state index contributed by atoms with van der Waals surface area (Å²) in [6, 6.07) is 7.58. The van der Waals surface area contributed by atoms with Crippen LogP contribution >= 0.6 is 0 Å². The number of ether oxygens (including phenoxy) is 1. The van der Waals surface area contributed by atoms with Gasteiger partial charge in [0.15, 0.2) is 5.82 Å². The average molecular weight is 297 g/mol. The van der Waals surface area contributed by atoms with Gasteiger partial charge in [0.25, 0.3) is 6.43 Å². The molecule has 0 saturated carbocycles. The van der Waals surface area contributed by atoms with Crippen LogP contribution in [-0.4, -0.2) is 29.8 Å². The summed E-state index contributed by atoms with van der Waals surface area (Å²) >= 11 is 0. The molecule has 7 heteroatoms. The minimum atomic E-state index is -2.45. The van der Waals surface area contributed by atoms with Gasteiger partial charge in [0, 0.05) is 18.5 Å².